The summed E-state index contributed by atoms with van der Waals surface area (Å²) in [5.41, 5.74) is 2.65. The standard InChI is InChI=1S/C19H18N2O4/c1-11(2)18-21-15-10-14(7-8-16(15)25-18)20-17(22)12-5-4-6-13(9-12)19(23)24-3/h4-11H,1-3H3,(H,20,22). The van der Waals surface area contributed by atoms with Gasteiger partial charge in [-0.05, 0) is 36.4 Å². The molecule has 0 aliphatic carbocycles. The second-order valence-corrected chi connectivity index (χ2v) is 5.92. The van der Waals surface area contributed by atoms with E-state index in [9.17, 15) is 9.59 Å². The van der Waals surface area contributed by atoms with Crippen LogP contribution in [0.4, 0.5) is 5.69 Å². The van der Waals surface area contributed by atoms with E-state index < -0.39 is 5.97 Å². The van der Waals surface area contributed by atoms with Gasteiger partial charge in [-0.2, -0.15) is 0 Å². The van der Waals surface area contributed by atoms with Crippen LogP contribution in [-0.4, -0.2) is 24.0 Å². The van der Waals surface area contributed by atoms with Crippen LogP contribution >= 0.6 is 0 Å². The van der Waals surface area contributed by atoms with Crippen molar-refractivity contribution in [1.82, 2.24) is 4.98 Å². The summed E-state index contributed by atoms with van der Waals surface area (Å²) in [6, 6.07) is 11.6. The Balaban J connectivity index is 1.83. The monoisotopic (exact) mass is 338 g/mol. The van der Waals surface area contributed by atoms with Crippen LogP contribution in [0.15, 0.2) is 46.9 Å². The third kappa shape index (κ3) is 3.52. The lowest BCUT2D eigenvalue weighted by Gasteiger charge is -2.06. The highest BCUT2D eigenvalue weighted by Crippen LogP contribution is 2.24. The Labute approximate surface area is 144 Å². The lowest BCUT2D eigenvalue weighted by molar-refractivity contribution is 0.0600. The van der Waals surface area contributed by atoms with Gasteiger partial charge in [-0.15, -0.1) is 0 Å². The summed E-state index contributed by atoms with van der Waals surface area (Å²) >= 11 is 0. The number of fused-ring (bicyclic) bond motifs is 1. The van der Waals surface area contributed by atoms with Gasteiger partial charge in [0, 0.05) is 17.2 Å². The molecule has 1 aromatic heterocycles. The molecule has 3 aromatic rings. The number of carbonyl (C=O) groups is 2. The molecule has 0 radical (unpaired) electrons. The molecule has 3 rings (SSSR count). The van der Waals surface area contributed by atoms with Crippen LogP contribution < -0.4 is 5.32 Å². The summed E-state index contributed by atoms with van der Waals surface area (Å²) in [4.78, 5) is 28.4. The molecule has 0 aliphatic heterocycles. The number of nitrogens with zero attached hydrogens (tertiary/aromatic N) is 1. The van der Waals surface area contributed by atoms with Gasteiger partial charge in [-0.1, -0.05) is 19.9 Å². The van der Waals surface area contributed by atoms with Gasteiger partial charge in [-0.3, -0.25) is 4.79 Å². The first-order valence-electron chi connectivity index (χ1n) is 7.88. The van der Waals surface area contributed by atoms with Gasteiger partial charge >= 0.3 is 5.97 Å². The van der Waals surface area contributed by atoms with Crippen molar-refractivity contribution >= 4 is 28.7 Å². The number of hydrogen-bond donors (Lipinski definition) is 1. The number of ether oxygens (including phenoxy) is 1. The van der Waals surface area contributed by atoms with E-state index in [1.54, 1.807) is 36.4 Å². The van der Waals surface area contributed by atoms with Crippen molar-refractivity contribution in [3.63, 3.8) is 0 Å². The molecule has 0 saturated carbocycles. The number of rotatable bonds is 4. The van der Waals surface area contributed by atoms with Gasteiger partial charge in [0.25, 0.3) is 5.91 Å². The molecule has 6 nitrogen and oxygen atoms in total. The Morgan fingerprint density at radius 1 is 1.12 bits per heavy atom. The molecule has 0 unspecified atom stereocenters. The molecule has 0 spiro atoms. The minimum absolute atomic E-state index is 0.187. The van der Waals surface area contributed by atoms with E-state index in [1.807, 2.05) is 13.8 Å². The van der Waals surface area contributed by atoms with Gasteiger partial charge in [-0.25, -0.2) is 9.78 Å². The van der Waals surface area contributed by atoms with E-state index in [0.29, 0.717) is 33.8 Å². The average Bonchev–Trinajstić information content (AvgIpc) is 3.04. The Hall–Kier alpha value is -3.15. The Bertz CT molecular complexity index is 944. The van der Waals surface area contributed by atoms with E-state index in [1.165, 1.54) is 13.2 Å². The van der Waals surface area contributed by atoms with Gasteiger partial charge in [0.15, 0.2) is 11.5 Å². The molecule has 1 N–H and O–H groups in total. The SMILES string of the molecule is COC(=O)c1cccc(C(=O)Nc2ccc3oc(C(C)C)nc3c2)c1. The first-order chi connectivity index (χ1) is 12.0. The summed E-state index contributed by atoms with van der Waals surface area (Å²) < 4.78 is 10.3. The van der Waals surface area contributed by atoms with Crippen LogP contribution in [0.3, 0.4) is 0 Å². The summed E-state index contributed by atoms with van der Waals surface area (Å²) in [5, 5.41) is 2.80. The molecule has 25 heavy (non-hydrogen) atoms. The normalized spacial score (nSPS) is 10.9. The van der Waals surface area contributed by atoms with Crippen molar-refractivity contribution < 1.29 is 18.7 Å². The minimum Gasteiger partial charge on any atom is -0.465 e. The quantitative estimate of drug-likeness (QED) is 0.727. The maximum Gasteiger partial charge on any atom is 0.337 e. The van der Waals surface area contributed by atoms with E-state index in [4.69, 9.17) is 4.42 Å². The van der Waals surface area contributed by atoms with Gasteiger partial charge in [0.1, 0.15) is 5.52 Å². The van der Waals surface area contributed by atoms with E-state index >= 15 is 0 Å². The lowest BCUT2D eigenvalue weighted by Crippen LogP contribution is -2.13. The van der Waals surface area contributed by atoms with Crippen LogP contribution in [0.1, 0.15) is 46.4 Å². The zero-order valence-corrected chi connectivity index (χ0v) is 14.2. The molecule has 0 bridgehead atoms. The predicted molar refractivity (Wildman–Crippen MR) is 93.8 cm³/mol. The number of carbonyl (C=O) groups excluding carboxylic acids is 2. The molecule has 0 aliphatic rings. The second kappa shape index (κ2) is 6.76. The molecule has 1 heterocycles. The second-order valence-electron chi connectivity index (χ2n) is 5.92. The van der Waals surface area contributed by atoms with Crippen molar-refractivity contribution in [3.8, 4) is 0 Å². The maximum atomic E-state index is 12.4. The first kappa shape index (κ1) is 16.7. The zero-order valence-electron chi connectivity index (χ0n) is 14.2. The van der Waals surface area contributed by atoms with Crippen LogP contribution in [0.25, 0.3) is 11.1 Å². The molecule has 6 heteroatoms. The van der Waals surface area contributed by atoms with Crippen molar-refractivity contribution in [3.05, 3.63) is 59.5 Å². The topological polar surface area (TPSA) is 81.4 Å². The molecule has 0 saturated heterocycles. The molecule has 128 valence electrons. The fourth-order valence-corrected chi connectivity index (χ4v) is 2.38. The maximum absolute atomic E-state index is 12.4. The van der Waals surface area contributed by atoms with Crippen molar-refractivity contribution in [2.24, 2.45) is 0 Å². The summed E-state index contributed by atoms with van der Waals surface area (Å²) in [6.45, 7) is 4.00. The van der Waals surface area contributed by atoms with Gasteiger partial charge < -0.3 is 14.5 Å². The smallest absolute Gasteiger partial charge is 0.337 e. The third-order valence-electron chi connectivity index (χ3n) is 3.70. The van der Waals surface area contributed by atoms with E-state index in [0.717, 1.165) is 0 Å². The lowest BCUT2D eigenvalue weighted by atomic mass is 10.1. The third-order valence-corrected chi connectivity index (χ3v) is 3.70. The molecule has 2 aromatic carbocycles. The van der Waals surface area contributed by atoms with E-state index in [2.05, 4.69) is 15.0 Å². The number of amides is 1. The predicted octanol–water partition coefficient (Wildman–Crippen LogP) is 3.99. The number of hydrogen-bond acceptors (Lipinski definition) is 5. The highest BCUT2D eigenvalue weighted by Gasteiger charge is 2.13. The van der Waals surface area contributed by atoms with Crippen LogP contribution in [0.5, 0.6) is 0 Å². The highest BCUT2D eigenvalue weighted by atomic mass is 16.5. The highest BCUT2D eigenvalue weighted by molar-refractivity contribution is 6.06. The summed E-state index contributed by atoms with van der Waals surface area (Å²) in [5.74, 6) is 0.0355. The Morgan fingerprint density at radius 2 is 1.88 bits per heavy atom. The fourth-order valence-electron chi connectivity index (χ4n) is 2.38. The molecular formula is C19H18N2O4. The van der Waals surface area contributed by atoms with Crippen LogP contribution in [0.2, 0.25) is 0 Å². The summed E-state index contributed by atoms with van der Waals surface area (Å²) in [6.07, 6.45) is 0. The molecule has 1 amide bonds. The fraction of sp³-hybridized carbons (Fsp3) is 0.211. The summed E-state index contributed by atoms with van der Waals surface area (Å²) in [7, 11) is 1.30. The Morgan fingerprint density at radius 3 is 2.60 bits per heavy atom. The Kier molecular flexibility index (Phi) is 4.52. The van der Waals surface area contributed by atoms with Crippen LogP contribution in [-0.2, 0) is 4.74 Å². The first-order valence-corrected chi connectivity index (χ1v) is 7.88. The zero-order chi connectivity index (χ0) is 18.0. The molecular weight excluding hydrogens is 320 g/mol. The molecule has 0 fully saturated rings. The average molecular weight is 338 g/mol. The number of aromatic nitrogens is 1. The van der Waals surface area contributed by atoms with Crippen molar-refractivity contribution in [2.45, 2.75) is 19.8 Å². The number of methoxy groups -OCH3 is 1. The largest absolute Gasteiger partial charge is 0.465 e. The number of nitrogens with one attached hydrogen (secondary N) is 1. The molecule has 0 atom stereocenters. The van der Waals surface area contributed by atoms with E-state index in [-0.39, 0.29) is 11.8 Å². The van der Waals surface area contributed by atoms with Crippen molar-refractivity contribution in [2.75, 3.05) is 12.4 Å². The number of oxazole rings is 1. The minimum atomic E-state index is -0.486. The number of benzene rings is 2. The van der Waals surface area contributed by atoms with Crippen molar-refractivity contribution in [1.29, 1.82) is 0 Å². The number of anilines is 1. The van der Waals surface area contributed by atoms with Gasteiger partial charge in [0.2, 0.25) is 0 Å². The number of esters is 1. The van der Waals surface area contributed by atoms with Gasteiger partial charge in [0.05, 0.1) is 12.7 Å². The van der Waals surface area contributed by atoms with Crippen LogP contribution in [0, 0.1) is 0 Å².